The molecule has 0 fully saturated rings. The zero-order chi connectivity index (χ0) is 12.8. The summed E-state index contributed by atoms with van der Waals surface area (Å²) in [6.07, 6.45) is -0.175. The van der Waals surface area contributed by atoms with Gasteiger partial charge < -0.3 is 14.4 Å². The molecule has 0 spiro atoms. The van der Waals surface area contributed by atoms with Crippen molar-refractivity contribution in [3.8, 4) is 5.75 Å². The van der Waals surface area contributed by atoms with Crippen LogP contribution in [0.3, 0.4) is 0 Å². The average molecular weight is 237 g/mol. The Hall–Kier alpha value is -1.71. The van der Waals surface area contributed by atoms with Crippen molar-refractivity contribution >= 4 is 6.09 Å². The number of nitrogens with zero attached hydrogens (tertiary/aromatic N) is 1. The van der Waals surface area contributed by atoms with Crippen LogP contribution in [0, 0.1) is 0 Å². The second-order valence-corrected chi connectivity index (χ2v) is 4.14. The molecule has 0 saturated heterocycles. The lowest BCUT2D eigenvalue weighted by atomic mass is 10.2. The number of carbonyl (C=O) groups is 1. The lowest BCUT2D eigenvalue weighted by Crippen LogP contribution is -2.25. The summed E-state index contributed by atoms with van der Waals surface area (Å²) in [5, 5.41) is 0. The van der Waals surface area contributed by atoms with Crippen LogP contribution in [0.4, 0.5) is 4.79 Å². The van der Waals surface area contributed by atoms with Gasteiger partial charge in [-0.1, -0.05) is 12.1 Å². The quantitative estimate of drug-likeness (QED) is 0.808. The highest BCUT2D eigenvalue weighted by Gasteiger charge is 2.08. The molecule has 0 N–H and O–H groups in total. The first-order chi connectivity index (χ1) is 8.02. The number of amides is 1. The van der Waals surface area contributed by atoms with E-state index in [1.54, 1.807) is 7.05 Å². The largest absolute Gasteiger partial charge is 0.491 e. The molecule has 0 aliphatic carbocycles. The van der Waals surface area contributed by atoms with E-state index in [4.69, 9.17) is 4.74 Å². The SMILES string of the molecule is COC(=O)N(C)Cc1ccc(OC(C)C)cc1. The van der Waals surface area contributed by atoms with Crippen molar-refractivity contribution in [1.82, 2.24) is 4.90 Å². The second kappa shape index (κ2) is 6.13. The number of hydrogen-bond acceptors (Lipinski definition) is 3. The summed E-state index contributed by atoms with van der Waals surface area (Å²) < 4.78 is 10.2. The summed E-state index contributed by atoms with van der Waals surface area (Å²) >= 11 is 0. The number of ether oxygens (including phenoxy) is 2. The van der Waals surface area contributed by atoms with E-state index in [9.17, 15) is 4.79 Å². The Morgan fingerprint density at radius 1 is 1.29 bits per heavy atom. The molecule has 1 rings (SSSR count). The molecule has 4 heteroatoms. The number of methoxy groups -OCH3 is 1. The summed E-state index contributed by atoms with van der Waals surface area (Å²) in [6.45, 7) is 4.49. The molecule has 0 atom stereocenters. The Labute approximate surface area is 102 Å². The lowest BCUT2D eigenvalue weighted by molar-refractivity contribution is 0.131. The summed E-state index contributed by atoms with van der Waals surface area (Å²) in [5.74, 6) is 0.837. The zero-order valence-corrected chi connectivity index (χ0v) is 10.8. The summed E-state index contributed by atoms with van der Waals surface area (Å²) in [4.78, 5) is 12.7. The van der Waals surface area contributed by atoms with Crippen molar-refractivity contribution in [3.05, 3.63) is 29.8 Å². The number of hydrogen-bond donors (Lipinski definition) is 0. The fraction of sp³-hybridized carbons (Fsp3) is 0.462. The number of rotatable bonds is 4. The zero-order valence-electron chi connectivity index (χ0n) is 10.8. The number of carbonyl (C=O) groups excluding carboxylic acids is 1. The predicted molar refractivity (Wildman–Crippen MR) is 66.1 cm³/mol. The van der Waals surface area contributed by atoms with Gasteiger partial charge in [0.15, 0.2) is 0 Å². The smallest absolute Gasteiger partial charge is 0.409 e. The molecule has 94 valence electrons. The Morgan fingerprint density at radius 3 is 2.35 bits per heavy atom. The van der Waals surface area contributed by atoms with Crippen molar-refractivity contribution in [3.63, 3.8) is 0 Å². The molecule has 4 nitrogen and oxygen atoms in total. The lowest BCUT2D eigenvalue weighted by Gasteiger charge is -2.16. The molecule has 1 amide bonds. The van der Waals surface area contributed by atoms with Gasteiger partial charge in [0, 0.05) is 13.6 Å². The van der Waals surface area contributed by atoms with E-state index >= 15 is 0 Å². The molecule has 0 aromatic heterocycles. The van der Waals surface area contributed by atoms with Crippen molar-refractivity contribution in [2.45, 2.75) is 26.5 Å². The highest BCUT2D eigenvalue weighted by molar-refractivity contribution is 5.66. The maximum atomic E-state index is 11.2. The maximum absolute atomic E-state index is 11.2. The van der Waals surface area contributed by atoms with E-state index in [1.165, 1.54) is 12.0 Å². The normalized spacial score (nSPS) is 10.2. The third-order valence-corrected chi connectivity index (χ3v) is 2.20. The van der Waals surface area contributed by atoms with Crippen LogP contribution in [0.15, 0.2) is 24.3 Å². The summed E-state index contributed by atoms with van der Waals surface area (Å²) in [6, 6.07) is 7.69. The van der Waals surface area contributed by atoms with Gasteiger partial charge in [-0.05, 0) is 31.5 Å². The third-order valence-electron chi connectivity index (χ3n) is 2.20. The van der Waals surface area contributed by atoms with Crippen LogP contribution in [-0.2, 0) is 11.3 Å². The van der Waals surface area contributed by atoms with Crippen LogP contribution >= 0.6 is 0 Å². The summed E-state index contributed by atoms with van der Waals surface area (Å²) in [7, 11) is 3.07. The third kappa shape index (κ3) is 4.34. The van der Waals surface area contributed by atoms with Gasteiger partial charge in [-0.3, -0.25) is 0 Å². The average Bonchev–Trinajstić information content (AvgIpc) is 2.30. The highest BCUT2D eigenvalue weighted by atomic mass is 16.5. The minimum Gasteiger partial charge on any atom is -0.491 e. The molecule has 0 heterocycles. The van der Waals surface area contributed by atoms with E-state index in [-0.39, 0.29) is 12.2 Å². The molecule has 1 aromatic rings. The monoisotopic (exact) mass is 237 g/mol. The van der Waals surface area contributed by atoms with Gasteiger partial charge in [0.1, 0.15) is 5.75 Å². The van der Waals surface area contributed by atoms with Crippen LogP contribution < -0.4 is 4.74 Å². The van der Waals surface area contributed by atoms with Crippen LogP contribution in [0.2, 0.25) is 0 Å². The molecule has 0 bridgehead atoms. The van der Waals surface area contributed by atoms with Crippen molar-refractivity contribution < 1.29 is 14.3 Å². The molecule has 0 unspecified atom stereocenters. The number of benzene rings is 1. The van der Waals surface area contributed by atoms with Gasteiger partial charge in [0.05, 0.1) is 13.2 Å². The first-order valence-electron chi connectivity index (χ1n) is 5.57. The van der Waals surface area contributed by atoms with Crippen LogP contribution in [0.25, 0.3) is 0 Å². The minimum atomic E-state index is -0.340. The Balaban J connectivity index is 2.59. The fourth-order valence-corrected chi connectivity index (χ4v) is 1.44. The first kappa shape index (κ1) is 13.4. The fourth-order valence-electron chi connectivity index (χ4n) is 1.44. The van der Waals surface area contributed by atoms with Gasteiger partial charge >= 0.3 is 6.09 Å². The topological polar surface area (TPSA) is 38.8 Å². The van der Waals surface area contributed by atoms with Crippen LogP contribution in [0.1, 0.15) is 19.4 Å². The van der Waals surface area contributed by atoms with Crippen molar-refractivity contribution in [2.75, 3.05) is 14.2 Å². The van der Waals surface area contributed by atoms with Crippen molar-refractivity contribution in [1.29, 1.82) is 0 Å². The Kier molecular flexibility index (Phi) is 4.82. The molecule has 17 heavy (non-hydrogen) atoms. The van der Waals surface area contributed by atoms with Gasteiger partial charge in [-0.2, -0.15) is 0 Å². The van der Waals surface area contributed by atoms with E-state index in [1.807, 2.05) is 38.1 Å². The molecular weight excluding hydrogens is 218 g/mol. The van der Waals surface area contributed by atoms with Gasteiger partial charge in [-0.15, -0.1) is 0 Å². The maximum Gasteiger partial charge on any atom is 0.409 e. The Bertz CT molecular complexity index is 359. The first-order valence-corrected chi connectivity index (χ1v) is 5.57. The van der Waals surface area contributed by atoms with Crippen LogP contribution in [0.5, 0.6) is 5.75 Å². The van der Waals surface area contributed by atoms with E-state index in [0.29, 0.717) is 6.54 Å². The van der Waals surface area contributed by atoms with Gasteiger partial charge in [0.25, 0.3) is 0 Å². The molecule has 0 radical (unpaired) electrons. The van der Waals surface area contributed by atoms with Gasteiger partial charge in [-0.25, -0.2) is 4.79 Å². The molecular formula is C13H19NO3. The second-order valence-electron chi connectivity index (χ2n) is 4.14. The highest BCUT2D eigenvalue weighted by Crippen LogP contribution is 2.14. The van der Waals surface area contributed by atoms with Gasteiger partial charge in [0.2, 0.25) is 0 Å². The molecule has 0 aliphatic heterocycles. The van der Waals surface area contributed by atoms with E-state index < -0.39 is 0 Å². The van der Waals surface area contributed by atoms with Crippen molar-refractivity contribution in [2.24, 2.45) is 0 Å². The standard InChI is InChI=1S/C13H19NO3/c1-10(2)17-12-7-5-11(6-8-12)9-14(3)13(15)16-4/h5-8,10H,9H2,1-4H3. The Morgan fingerprint density at radius 2 is 1.88 bits per heavy atom. The molecule has 0 aliphatic rings. The predicted octanol–water partition coefficient (Wildman–Crippen LogP) is 2.67. The summed E-state index contributed by atoms with van der Waals surface area (Å²) in [5.41, 5.74) is 1.04. The van der Waals surface area contributed by atoms with E-state index in [0.717, 1.165) is 11.3 Å². The van der Waals surface area contributed by atoms with E-state index in [2.05, 4.69) is 4.74 Å². The van der Waals surface area contributed by atoms with Crippen LogP contribution in [-0.4, -0.2) is 31.3 Å². The molecule has 1 aromatic carbocycles. The minimum absolute atomic E-state index is 0.165. The molecule has 0 saturated carbocycles.